The van der Waals surface area contributed by atoms with Crippen LogP contribution in [0.15, 0.2) is 16.4 Å². The third-order valence-electron chi connectivity index (χ3n) is 2.06. The number of aliphatic imine (C=N–C) groups is 1. The van der Waals surface area contributed by atoms with E-state index in [1.54, 1.807) is 11.4 Å². The number of carboxylic acid groups (broad SMARTS) is 1. The zero-order valence-electron chi connectivity index (χ0n) is 8.48. The summed E-state index contributed by atoms with van der Waals surface area (Å²) in [4.78, 5) is 15.8. The van der Waals surface area contributed by atoms with Crippen molar-refractivity contribution in [2.75, 3.05) is 6.61 Å². The van der Waals surface area contributed by atoms with Gasteiger partial charge >= 0.3 is 5.97 Å². The molecule has 0 radical (unpaired) electrons. The second kappa shape index (κ2) is 3.34. The predicted molar refractivity (Wildman–Crippen MR) is 57.8 cm³/mol. The molecule has 5 heteroatoms. The molecule has 1 aliphatic heterocycles. The lowest BCUT2D eigenvalue weighted by Gasteiger charge is -2.07. The number of carbonyl (C=O) groups is 1. The van der Waals surface area contributed by atoms with E-state index in [1.807, 2.05) is 13.8 Å². The molecular formula is C10H11NO3S. The van der Waals surface area contributed by atoms with Gasteiger partial charge in [-0.05, 0) is 25.3 Å². The van der Waals surface area contributed by atoms with E-state index in [4.69, 9.17) is 9.84 Å². The van der Waals surface area contributed by atoms with Crippen molar-refractivity contribution in [1.29, 1.82) is 0 Å². The smallest absolute Gasteiger partial charge is 0.337 e. The van der Waals surface area contributed by atoms with Crippen molar-refractivity contribution in [3.8, 4) is 0 Å². The Bertz CT molecular complexity index is 434. The van der Waals surface area contributed by atoms with E-state index >= 15 is 0 Å². The van der Waals surface area contributed by atoms with Crippen LogP contribution >= 0.6 is 11.3 Å². The Morgan fingerprint density at radius 3 is 2.93 bits per heavy atom. The maximum Gasteiger partial charge on any atom is 0.337 e. The second-order valence-corrected chi connectivity index (χ2v) is 4.90. The normalized spacial score (nSPS) is 18.4. The number of thiophene rings is 1. The van der Waals surface area contributed by atoms with Crippen LogP contribution in [0.3, 0.4) is 0 Å². The van der Waals surface area contributed by atoms with Gasteiger partial charge in [-0.2, -0.15) is 0 Å². The lowest BCUT2D eigenvalue weighted by Crippen LogP contribution is -2.17. The summed E-state index contributed by atoms with van der Waals surface area (Å²) in [5, 5.41) is 10.7. The topological polar surface area (TPSA) is 58.9 Å². The molecule has 1 aromatic rings. The minimum Gasteiger partial charge on any atom is -0.478 e. The van der Waals surface area contributed by atoms with Crippen molar-refractivity contribution in [1.82, 2.24) is 0 Å². The number of carboxylic acids is 1. The molecule has 0 saturated heterocycles. The van der Waals surface area contributed by atoms with Crippen molar-refractivity contribution in [3.05, 3.63) is 21.9 Å². The number of hydrogen-bond donors (Lipinski definition) is 1. The van der Waals surface area contributed by atoms with Gasteiger partial charge in [0.25, 0.3) is 0 Å². The molecule has 0 amide bonds. The molecule has 80 valence electrons. The summed E-state index contributed by atoms with van der Waals surface area (Å²) in [6, 6.07) is 1.57. The molecule has 0 aliphatic carbocycles. The lowest BCUT2D eigenvalue weighted by molar-refractivity contribution is 0.0697. The summed E-state index contributed by atoms with van der Waals surface area (Å²) in [6.45, 7) is 4.40. The standard InChI is InChI=1S/C10H11NO3S/c1-10(2)5-14-8(11-10)7-6(9(12)13)3-4-15-7/h3-4H,5H2,1-2H3,(H,12,13). The lowest BCUT2D eigenvalue weighted by atomic mass is 10.1. The van der Waals surface area contributed by atoms with Gasteiger partial charge in [-0.1, -0.05) is 0 Å². The van der Waals surface area contributed by atoms with Crippen LogP contribution in [0.25, 0.3) is 0 Å². The molecule has 0 fully saturated rings. The summed E-state index contributed by atoms with van der Waals surface area (Å²) in [5.74, 6) is -0.491. The maximum absolute atomic E-state index is 10.9. The van der Waals surface area contributed by atoms with Crippen molar-refractivity contribution in [2.45, 2.75) is 19.4 Å². The third-order valence-corrected chi connectivity index (χ3v) is 2.96. The van der Waals surface area contributed by atoms with E-state index in [1.165, 1.54) is 11.3 Å². The van der Waals surface area contributed by atoms with Gasteiger partial charge in [0, 0.05) is 0 Å². The Morgan fingerprint density at radius 1 is 1.67 bits per heavy atom. The number of aromatic carboxylic acids is 1. The molecule has 1 aromatic heterocycles. The monoisotopic (exact) mass is 225 g/mol. The molecular weight excluding hydrogens is 214 g/mol. The van der Waals surface area contributed by atoms with Gasteiger partial charge in [-0.25, -0.2) is 9.79 Å². The van der Waals surface area contributed by atoms with Crippen LogP contribution < -0.4 is 0 Å². The average molecular weight is 225 g/mol. The molecule has 1 aliphatic rings. The molecule has 0 aromatic carbocycles. The van der Waals surface area contributed by atoms with Gasteiger partial charge in [0.2, 0.25) is 5.90 Å². The van der Waals surface area contributed by atoms with E-state index in [0.29, 0.717) is 17.4 Å². The Labute approximate surface area is 91.2 Å². The van der Waals surface area contributed by atoms with Crippen LogP contribution in [-0.2, 0) is 4.74 Å². The molecule has 2 heterocycles. The van der Waals surface area contributed by atoms with E-state index in [2.05, 4.69) is 4.99 Å². The Hall–Kier alpha value is -1.36. The SMILES string of the molecule is CC1(C)COC(c2sccc2C(=O)O)=N1. The maximum atomic E-state index is 10.9. The van der Waals surface area contributed by atoms with Crippen LogP contribution in [0.2, 0.25) is 0 Å². The third kappa shape index (κ3) is 1.87. The highest BCUT2D eigenvalue weighted by Crippen LogP contribution is 2.25. The quantitative estimate of drug-likeness (QED) is 0.837. The van der Waals surface area contributed by atoms with E-state index in [9.17, 15) is 4.79 Å². The predicted octanol–water partition coefficient (Wildman–Crippen LogP) is 2.00. The largest absolute Gasteiger partial charge is 0.478 e. The Balaban J connectivity index is 2.39. The van der Waals surface area contributed by atoms with Gasteiger partial charge in [0.1, 0.15) is 11.5 Å². The molecule has 0 saturated carbocycles. The minimum absolute atomic E-state index is 0.255. The van der Waals surface area contributed by atoms with E-state index < -0.39 is 5.97 Å². The first-order chi connectivity index (χ1) is 6.99. The summed E-state index contributed by atoms with van der Waals surface area (Å²) in [6.07, 6.45) is 0. The summed E-state index contributed by atoms with van der Waals surface area (Å²) >= 11 is 1.34. The highest BCUT2D eigenvalue weighted by Gasteiger charge is 2.29. The fourth-order valence-corrected chi connectivity index (χ4v) is 2.17. The van der Waals surface area contributed by atoms with Crippen LogP contribution in [0.1, 0.15) is 29.1 Å². The highest BCUT2D eigenvalue weighted by atomic mass is 32.1. The number of nitrogens with zero attached hydrogens (tertiary/aromatic N) is 1. The van der Waals surface area contributed by atoms with Crippen molar-refractivity contribution in [3.63, 3.8) is 0 Å². The molecule has 0 spiro atoms. The van der Waals surface area contributed by atoms with Gasteiger partial charge in [0.15, 0.2) is 0 Å². The van der Waals surface area contributed by atoms with Crippen LogP contribution in [-0.4, -0.2) is 29.1 Å². The van der Waals surface area contributed by atoms with Crippen LogP contribution in [0.5, 0.6) is 0 Å². The first-order valence-electron chi connectivity index (χ1n) is 4.53. The van der Waals surface area contributed by atoms with Crippen LogP contribution in [0.4, 0.5) is 0 Å². The van der Waals surface area contributed by atoms with Crippen LogP contribution in [0, 0.1) is 0 Å². The molecule has 1 N–H and O–H groups in total. The zero-order chi connectivity index (χ0) is 11.1. The Kier molecular flexibility index (Phi) is 2.26. The summed E-state index contributed by atoms with van der Waals surface area (Å²) in [7, 11) is 0. The van der Waals surface area contributed by atoms with Crippen molar-refractivity contribution < 1.29 is 14.6 Å². The van der Waals surface area contributed by atoms with Gasteiger partial charge in [0.05, 0.1) is 11.1 Å². The zero-order valence-corrected chi connectivity index (χ0v) is 9.30. The summed E-state index contributed by atoms with van der Waals surface area (Å²) in [5.41, 5.74) is 0.00574. The van der Waals surface area contributed by atoms with Gasteiger partial charge < -0.3 is 9.84 Å². The van der Waals surface area contributed by atoms with Crippen molar-refractivity contribution in [2.24, 2.45) is 4.99 Å². The molecule has 0 bridgehead atoms. The van der Waals surface area contributed by atoms with Gasteiger partial charge in [-0.15, -0.1) is 11.3 Å². The molecule has 0 atom stereocenters. The first kappa shape index (κ1) is 10.2. The number of hydrogen-bond acceptors (Lipinski definition) is 4. The molecule has 2 rings (SSSR count). The number of rotatable bonds is 2. The average Bonchev–Trinajstić information content (AvgIpc) is 2.69. The fourth-order valence-electron chi connectivity index (χ4n) is 1.34. The highest BCUT2D eigenvalue weighted by molar-refractivity contribution is 7.12. The first-order valence-corrected chi connectivity index (χ1v) is 5.41. The second-order valence-electron chi connectivity index (χ2n) is 3.99. The Morgan fingerprint density at radius 2 is 2.40 bits per heavy atom. The molecule has 0 unspecified atom stereocenters. The molecule has 4 nitrogen and oxygen atoms in total. The molecule has 15 heavy (non-hydrogen) atoms. The fraction of sp³-hybridized carbons (Fsp3) is 0.400. The minimum atomic E-state index is -0.942. The van der Waals surface area contributed by atoms with E-state index in [0.717, 1.165) is 0 Å². The van der Waals surface area contributed by atoms with Crippen molar-refractivity contribution >= 4 is 23.2 Å². The number of ether oxygens (including phenoxy) is 1. The van der Waals surface area contributed by atoms with E-state index in [-0.39, 0.29) is 11.1 Å². The van der Waals surface area contributed by atoms with Gasteiger partial charge in [-0.3, -0.25) is 0 Å². The summed E-state index contributed by atoms with van der Waals surface area (Å²) < 4.78 is 5.40.